The summed E-state index contributed by atoms with van der Waals surface area (Å²) in [6.45, 7) is 1.01. The van der Waals surface area contributed by atoms with Gasteiger partial charge < -0.3 is 20.7 Å². The summed E-state index contributed by atoms with van der Waals surface area (Å²) in [5.41, 5.74) is 1.88. The molecule has 1 fully saturated rings. The number of anilines is 1. The molecule has 1 aliphatic rings. The molecule has 1 saturated carbocycles. The molecule has 0 unspecified atom stereocenters. The minimum absolute atomic E-state index is 0.168. The number of rotatable bonds is 10. The largest absolute Gasteiger partial charge is 0.497 e. The second-order valence-electron chi connectivity index (χ2n) is 8.40. The summed E-state index contributed by atoms with van der Waals surface area (Å²) >= 11 is 0. The Morgan fingerprint density at radius 1 is 1.03 bits per heavy atom. The van der Waals surface area contributed by atoms with Gasteiger partial charge in [0.15, 0.2) is 0 Å². The Balaban J connectivity index is 1.55. The fourth-order valence-corrected chi connectivity index (χ4v) is 4.15. The molecular formula is C26H32N4O3. The minimum Gasteiger partial charge on any atom is -0.497 e. The molecular weight excluding hydrogens is 416 g/mol. The Hall–Kier alpha value is -3.53. The van der Waals surface area contributed by atoms with Crippen molar-refractivity contribution in [3.63, 3.8) is 0 Å². The topological polar surface area (TPSA) is 103 Å². The third-order valence-electron chi connectivity index (χ3n) is 6.04. The molecule has 2 aromatic rings. The average Bonchev–Trinajstić information content (AvgIpc) is 2.87. The van der Waals surface area contributed by atoms with Crippen LogP contribution in [0, 0.1) is 17.2 Å². The lowest BCUT2D eigenvalue weighted by molar-refractivity contribution is -0.123. The molecule has 33 heavy (non-hydrogen) atoms. The van der Waals surface area contributed by atoms with Gasteiger partial charge in [-0.1, -0.05) is 32.1 Å². The molecule has 7 heteroatoms. The Labute approximate surface area is 195 Å². The third kappa shape index (κ3) is 7.53. The lowest BCUT2D eigenvalue weighted by atomic mass is 9.84. The number of methoxy groups -OCH3 is 1. The molecule has 0 radical (unpaired) electrons. The molecule has 0 bridgehead atoms. The van der Waals surface area contributed by atoms with Crippen LogP contribution in [0.25, 0.3) is 0 Å². The first-order valence-electron chi connectivity index (χ1n) is 11.6. The van der Waals surface area contributed by atoms with Crippen molar-refractivity contribution in [2.24, 2.45) is 5.92 Å². The summed E-state index contributed by atoms with van der Waals surface area (Å²) < 4.78 is 5.16. The van der Waals surface area contributed by atoms with Gasteiger partial charge in [-0.25, -0.2) is 0 Å². The highest BCUT2D eigenvalue weighted by Gasteiger charge is 2.26. The van der Waals surface area contributed by atoms with Crippen LogP contribution in [0.2, 0.25) is 0 Å². The van der Waals surface area contributed by atoms with Crippen molar-refractivity contribution in [2.75, 3.05) is 25.5 Å². The van der Waals surface area contributed by atoms with Crippen molar-refractivity contribution in [3.8, 4) is 11.8 Å². The number of benzene rings is 2. The summed E-state index contributed by atoms with van der Waals surface area (Å²) in [5.74, 6) is 0.761. The van der Waals surface area contributed by atoms with E-state index < -0.39 is 6.04 Å². The molecule has 174 valence electrons. The van der Waals surface area contributed by atoms with Gasteiger partial charge in [-0.2, -0.15) is 5.26 Å². The van der Waals surface area contributed by atoms with Crippen LogP contribution in [0.15, 0.2) is 48.5 Å². The van der Waals surface area contributed by atoms with E-state index in [1.807, 2.05) is 30.3 Å². The predicted octanol–water partition coefficient (Wildman–Crippen LogP) is 3.86. The number of ether oxygens (including phenoxy) is 1. The van der Waals surface area contributed by atoms with Gasteiger partial charge >= 0.3 is 0 Å². The van der Waals surface area contributed by atoms with Crippen LogP contribution < -0.4 is 20.7 Å². The number of nitrogens with one attached hydrogen (secondary N) is 3. The van der Waals surface area contributed by atoms with Gasteiger partial charge in [0.2, 0.25) is 5.91 Å². The van der Waals surface area contributed by atoms with Gasteiger partial charge in [0.1, 0.15) is 11.8 Å². The van der Waals surface area contributed by atoms with Crippen molar-refractivity contribution in [2.45, 2.75) is 44.6 Å². The summed E-state index contributed by atoms with van der Waals surface area (Å²) in [4.78, 5) is 25.7. The van der Waals surface area contributed by atoms with Crippen molar-refractivity contribution >= 4 is 17.5 Å². The zero-order valence-corrected chi connectivity index (χ0v) is 19.1. The van der Waals surface area contributed by atoms with E-state index in [9.17, 15) is 9.59 Å². The Kier molecular flexibility index (Phi) is 9.13. The maximum Gasteiger partial charge on any atom is 0.251 e. The highest BCUT2D eigenvalue weighted by atomic mass is 16.5. The van der Waals surface area contributed by atoms with Crippen LogP contribution in [0.3, 0.4) is 0 Å². The van der Waals surface area contributed by atoms with Gasteiger partial charge in [0.05, 0.1) is 18.7 Å². The maximum absolute atomic E-state index is 13.0. The molecule has 0 aromatic heterocycles. The fourth-order valence-electron chi connectivity index (χ4n) is 4.15. The summed E-state index contributed by atoms with van der Waals surface area (Å²) in [5, 5.41) is 18.1. The van der Waals surface area contributed by atoms with Crippen LogP contribution in [0.5, 0.6) is 5.75 Å². The molecule has 3 rings (SSSR count). The number of amides is 2. The lowest BCUT2D eigenvalue weighted by Gasteiger charge is -2.26. The van der Waals surface area contributed by atoms with E-state index in [1.165, 1.54) is 19.3 Å². The Morgan fingerprint density at radius 2 is 1.73 bits per heavy atom. The number of hydrogen-bond acceptors (Lipinski definition) is 5. The monoisotopic (exact) mass is 448 g/mol. The van der Waals surface area contributed by atoms with Gasteiger partial charge in [-0.05, 0) is 60.9 Å². The van der Waals surface area contributed by atoms with E-state index in [2.05, 4.69) is 16.0 Å². The quantitative estimate of drug-likeness (QED) is 0.479. The van der Waals surface area contributed by atoms with Gasteiger partial charge in [-0.15, -0.1) is 0 Å². The van der Waals surface area contributed by atoms with Gasteiger partial charge in [0, 0.05) is 24.3 Å². The number of nitriles is 1. The van der Waals surface area contributed by atoms with Crippen molar-refractivity contribution in [1.29, 1.82) is 5.26 Å². The summed E-state index contributed by atoms with van der Waals surface area (Å²) in [6.07, 6.45) is 6.41. The second-order valence-corrected chi connectivity index (χ2v) is 8.40. The molecule has 0 spiro atoms. The number of hydrogen-bond donors (Lipinski definition) is 3. The first-order chi connectivity index (χ1) is 16.1. The maximum atomic E-state index is 13.0. The Morgan fingerprint density at radius 3 is 2.36 bits per heavy atom. The van der Waals surface area contributed by atoms with Crippen molar-refractivity contribution in [3.05, 3.63) is 59.7 Å². The van der Waals surface area contributed by atoms with E-state index in [4.69, 9.17) is 10.00 Å². The number of nitrogens with zero attached hydrogens (tertiary/aromatic N) is 1. The molecule has 2 aromatic carbocycles. The molecule has 3 N–H and O–H groups in total. The van der Waals surface area contributed by atoms with E-state index in [1.54, 1.807) is 31.4 Å². The van der Waals surface area contributed by atoms with E-state index in [-0.39, 0.29) is 11.8 Å². The number of carbonyl (C=O) groups excluding carboxylic acids is 2. The molecule has 0 saturated heterocycles. The molecule has 1 aliphatic carbocycles. The number of carbonyl (C=O) groups is 2. The van der Waals surface area contributed by atoms with E-state index in [0.29, 0.717) is 36.6 Å². The zero-order valence-electron chi connectivity index (χ0n) is 19.1. The van der Waals surface area contributed by atoms with Crippen LogP contribution in [0.1, 0.15) is 54.4 Å². The summed E-state index contributed by atoms with van der Waals surface area (Å²) in [7, 11) is 1.63. The lowest BCUT2D eigenvalue weighted by Crippen LogP contribution is -2.48. The standard InChI is InChI=1S/C26H32N4O3/c1-33-23-13-11-22(12-14-23)28-15-16-29-26(32)24(17-19-5-3-2-4-6-19)30-25(31)21-9-7-20(18-27)8-10-21/h7-14,19,24,28H,2-6,15-17H2,1H3,(H,29,32)(H,30,31)/t24-/m0/s1. The first kappa shape index (κ1) is 24.1. The molecule has 1 atom stereocenters. The molecule has 0 heterocycles. The molecule has 0 aliphatic heterocycles. The highest BCUT2D eigenvalue weighted by molar-refractivity contribution is 5.97. The minimum atomic E-state index is -0.586. The van der Waals surface area contributed by atoms with Crippen LogP contribution >= 0.6 is 0 Å². The highest BCUT2D eigenvalue weighted by Crippen LogP contribution is 2.27. The van der Waals surface area contributed by atoms with Crippen molar-refractivity contribution in [1.82, 2.24) is 10.6 Å². The predicted molar refractivity (Wildman–Crippen MR) is 128 cm³/mol. The van der Waals surface area contributed by atoms with Gasteiger partial charge in [-0.3, -0.25) is 9.59 Å². The van der Waals surface area contributed by atoms with E-state index >= 15 is 0 Å². The molecule has 2 amide bonds. The fraction of sp³-hybridized carbons (Fsp3) is 0.423. The van der Waals surface area contributed by atoms with Gasteiger partial charge in [0.25, 0.3) is 5.91 Å². The van der Waals surface area contributed by atoms with Crippen LogP contribution in [0.4, 0.5) is 5.69 Å². The summed E-state index contributed by atoms with van der Waals surface area (Å²) in [6, 6.07) is 15.5. The van der Waals surface area contributed by atoms with Crippen LogP contribution in [-0.2, 0) is 4.79 Å². The SMILES string of the molecule is COc1ccc(NCCNC(=O)[C@H](CC2CCCCC2)NC(=O)c2ccc(C#N)cc2)cc1. The third-order valence-corrected chi connectivity index (χ3v) is 6.04. The second kappa shape index (κ2) is 12.5. The average molecular weight is 449 g/mol. The first-order valence-corrected chi connectivity index (χ1v) is 11.6. The normalized spacial score (nSPS) is 14.5. The molecule has 7 nitrogen and oxygen atoms in total. The zero-order chi connectivity index (χ0) is 23.5. The smallest absolute Gasteiger partial charge is 0.251 e. The van der Waals surface area contributed by atoms with Crippen molar-refractivity contribution < 1.29 is 14.3 Å². The van der Waals surface area contributed by atoms with Crippen LogP contribution in [-0.4, -0.2) is 38.1 Å². The Bertz CT molecular complexity index is 945. The van der Waals surface area contributed by atoms with E-state index in [0.717, 1.165) is 24.3 Å².